The van der Waals surface area contributed by atoms with Crippen LogP contribution in [-0.2, 0) is 6.18 Å². The van der Waals surface area contributed by atoms with E-state index in [1.165, 1.54) is 12.3 Å². The highest BCUT2D eigenvalue weighted by Crippen LogP contribution is 2.40. The summed E-state index contributed by atoms with van der Waals surface area (Å²) in [6.07, 6.45) is -2.81. The SMILES string of the molecule is C[C@@]1(O)CCN(c2c(C#N)c(C(F)(F)F)nc3cc[nH]c23)C1. The molecule has 1 atom stereocenters. The van der Waals surface area contributed by atoms with E-state index in [0.29, 0.717) is 18.5 Å². The molecule has 5 nitrogen and oxygen atoms in total. The number of hydrogen-bond acceptors (Lipinski definition) is 4. The highest BCUT2D eigenvalue weighted by molar-refractivity contribution is 5.93. The molecule has 1 aliphatic rings. The Morgan fingerprint density at radius 1 is 1.50 bits per heavy atom. The second kappa shape index (κ2) is 4.61. The molecule has 0 bridgehead atoms. The molecule has 8 heteroatoms. The Kier molecular flexibility index (Phi) is 3.07. The van der Waals surface area contributed by atoms with Crippen LogP contribution in [-0.4, -0.2) is 33.8 Å². The minimum Gasteiger partial charge on any atom is -0.388 e. The third-order valence-electron chi connectivity index (χ3n) is 3.82. The van der Waals surface area contributed by atoms with Crippen LogP contribution in [0.5, 0.6) is 0 Å². The second-order valence-electron chi connectivity index (χ2n) is 5.70. The van der Waals surface area contributed by atoms with E-state index < -0.39 is 23.0 Å². The molecule has 3 heterocycles. The first-order valence-corrected chi connectivity index (χ1v) is 6.69. The number of nitrogens with zero attached hydrogens (tertiary/aromatic N) is 3. The Hall–Kier alpha value is -2.27. The van der Waals surface area contributed by atoms with Crippen molar-refractivity contribution in [3.05, 3.63) is 23.5 Å². The van der Waals surface area contributed by atoms with Gasteiger partial charge in [-0.3, -0.25) is 0 Å². The van der Waals surface area contributed by atoms with Gasteiger partial charge in [0.25, 0.3) is 0 Å². The summed E-state index contributed by atoms with van der Waals surface area (Å²) >= 11 is 0. The number of pyridine rings is 1. The minimum atomic E-state index is -4.71. The Bertz CT molecular complexity index is 773. The zero-order chi connectivity index (χ0) is 16.1. The topological polar surface area (TPSA) is 75.9 Å². The van der Waals surface area contributed by atoms with Gasteiger partial charge in [-0.25, -0.2) is 4.98 Å². The summed E-state index contributed by atoms with van der Waals surface area (Å²) < 4.78 is 39.6. The van der Waals surface area contributed by atoms with Gasteiger partial charge in [-0.15, -0.1) is 0 Å². The number of fused-ring (bicyclic) bond motifs is 1. The van der Waals surface area contributed by atoms with Crippen molar-refractivity contribution in [2.24, 2.45) is 0 Å². The number of aromatic nitrogens is 2. The van der Waals surface area contributed by atoms with Crippen LogP contribution in [0.4, 0.5) is 18.9 Å². The van der Waals surface area contributed by atoms with Crippen LogP contribution in [0.15, 0.2) is 12.3 Å². The van der Waals surface area contributed by atoms with Crippen molar-refractivity contribution >= 4 is 16.7 Å². The van der Waals surface area contributed by atoms with Gasteiger partial charge in [-0.05, 0) is 19.4 Å². The molecule has 22 heavy (non-hydrogen) atoms. The van der Waals surface area contributed by atoms with Crippen LogP contribution in [0.25, 0.3) is 11.0 Å². The highest BCUT2D eigenvalue weighted by Gasteiger charge is 2.40. The van der Waals surface area contributed by atoms with Crippen molar-refractivity contribution in [1.82, 2.24) is 9.97 Å². The molecule has 1 aliphatic heterocycles. The Morgan fingerprint density at radius 2 is 2.23 bits per heavy atom. The fraction of sp³-hybridized carbons (Fsp3) is 0.429. The Labute approximate surface area is 124 Å². The van der Waals surface area contributed by atoms with E-state index >= 15 is 0 Å². The first-order chi connectivity index (χ1) is 10.2. The summed E-state index contributed by atoms with van der Waals surface area (Å²) in [7, 11) is 0. The lowest BCUT2D eigenvalue weighted by Gasteiger charge is -2.23. The van der Waals surface area contributed by atoms with Gasteiger partial charge >= 0.3 is 6.18 Å². The number of rotatable bonds is 1. The van der Waals surface area contributed by atoms with Gasteiger partial charge in [0.05, 0.1) is 22.3 Å². The van der Waals surface area contributed by atoms with Gasteiger partial charge < -0.3 is 15.0 Å². The Morgan fingerprint density at radius 3 is 2.77 bits per heavy atom. The zero-order valence-corrected chi connectivity index (χ0v) is 11.7. The largest absolute Gasteiger partial charge is 0.434 e. The molecule has 0 radical (unpaired) electrons. The van der Waals surface area contributed by atoms with E-state index in [1.54, 1.807) is 17.9 Å². The van der Waals surface area contributed by atoms with Crippen molar-refractivity contribution in [3.63, 3.8) is 0 Å². The summed E-state index contributed by atoms with van der Waals surface area (Å²) in [5.41, 5.74) is -2.02. The van der Waals surface area contributed by atoms with E-state index in [-0.39, 0.29) is 17.7 Å². The number of nitrogens with one attached hydrogen (secondary N) is 1. The molecule has 0 unspecified atom stereocenters. The van der Waals surface area contributed by atoms with Crippen molar-refractivity contribution in [1.29, 1.82) is 5.26 Å². The van der Waals surface area contributed by atoms with Crippen LogP contribution >= 0.6 is 0 Å². The number of anilines is 1. The lowest BCUT2D eigenvalue weighted by atomic mass is 10.1. The average molecular weight is 310 g/mol. The smallest absolute Gasteiger partial charge is 0.388 e. The highest BCUT2D eigenvalue weighted by atomic mass is 19.4. The summed E-state index contributed by atoms with van der Waals surface area (Å²) in [6, 6.07) is 3.07. The van der Waals surface area contributed by atoms with E-state index in [9.17, 15) is 23.5 Å². The predicted molar refractivity (Wildman–Crippen MR) is 73.3 cm³/mol. The fourth-order valence-corrected chi connectivity index (χ4v) is 2.82. The molecule has 0 amide bonds. The predicted octanol–water partition coefficient (Wildman–Crippen LogP) is 2.41. The van der Waals surface area contributed by atoms with Crippen LogP contribution in [0.3, 0.4) is 0 Å². The summed E-state index contributed by atoms with van der Waals surface area (Å²) in [5, 5.41) is 19.3. The summed E-state index contributed by atoms with van der Waals surface area (Å²) in [5.74, 6) is 0. The van der Waals surface area contributed by atoms with Crippen LogP contribution in [0.2, 0.25) is 0 Å². The molecule has 0 saturated carbocycles. The minimum absolute atomic E-state index is 0.146. The van der Waals surface area contributed by atoms with Crippen LogP contribution in [0.1, 0.15) is 24.6 Å². The standard InChI is InChI=1S/C14H13F3N4O/c1-13(22)3-5-21(7-13)11-8(6-18)12(14(15,16)17)20-9-2-4-19-10(9)11/h2,4,19,22H,3,5,7H2,1H3/t13-/m1/s1. The van der Waals surface area contributed by atoms with Crippen molar-refractivity contribution in [2.45, 2.75) is 25.1 Å². The molecular weight excluding hydrogens is 297 g/mol. The first-order valence-electron chi connectivity index (χ1n) is 6.69. The monoisotopic (exact) mass is 310 g/mol. The molecule has 0 aromatic carbocycles. The number of aromatic amines is 1. The van der Waals surface area contributed by atoms with Gasteiger partial charge in [0.2, 0.25) is 0 Å². The normalized spacial score (nSPS) is 22.3. The molecule has 2 aromatic rings. The van der Waals surface area contributed by atoms with Crippen molar-refractivity contribution < 1.29 is 18.3 Å². The number of H-pyrrole nitrogens is 1. The maximum Gasteiger partial charge on any atom is 0.434 e. The Balaban J connectivity index is 2.28. The van der Waals surface area contributed by atoms with Crippen molar-refractivity contribution in [2.75, 3.05) is 18.0 Å². The molecule has 2 N–H and O–H groups in total. The van der Waals surface area contributed by atoms with Gasteiger partial charge in [-0.2, -0.15) is 18.4 Å². The van der Waals surface area contributed by atoms with E-state index in [2.05, 4.69) is 9.97 Å². The summed E-state index contributed by atoms with van der Waals surface area (Å²) in [6.45, 7) is 2.16. The number of aliphatic hydroxyl groups is 1. The number of hydrogen-bond donors (Lipinski definition) is 2. The van der Waals surface area contributed by atoms with Crippen molar-refractivity contribution in [3.8, 4) is 6.07 Å². The number of halogens is 3. The van der Waals surface area contributed by atoms with E-state index in [1.807, 2.05) is 0 Å². The van der Waals surface area contributed by atoms with Gasteiger partial charge in [0.1, 0.15) is 11.6 Å². The quantitative estimate of drug-likeness (QED) is 0.848. The third kappa shape index (κ3) is 2.27. The molecule has 0 aliphatic carbocycles. The van der Waals surface area contributed by atoms with Gasteiger partial charge in [0, 0.05) is 19.3 Å². The molecule has 1 saturated heterocycles. The lowest BCUT2D eigenvalue weighted by molar-refractivity contribution is -0.141. The molecule has 2 aromatic heterocycles. The zero-order valence-electron chi connectivity index (χ0n) is 11.7. The van der Waals surface area contributed by atoms with Gasteiger partial charge in [0.15, 0.2) is 5.69 Å². The second-order valence-corrected chi connectivity index (χ2v) is 5.70. The first kappa shape index (κ1) is 14.7. The maximum atomic E-state index is 13.2. The average Bonchev–Trinajstić information content (AvgIpc) is 3.01. The van der Waals surface area contributed by atoms with Crippen LogP contribution < -0.4 is 4.90 Å². The van der Waals surface area contributed by atoms with Crippen LogP contribution in [0, 0.1) is 11.3 Å². The van der Waals surface area contributed by atoms with Gasteiger partial charge in [-0.1, -0.05) is 0 Å². The van der Waals surface area contributed by atoms with E-state index in [4.69, 9.17) is 0 Å². The molecule has 116 valence electrons. The molecule has 1 fully saturated rings. The third-order valence-corrected chi connectivity index (χ3v) is 3.82. The summed E-state index contributed by atoms with van der Waals surface area (Å²) in [4.78, 5) is 8.02. The molecule has 0 spiro atoms. The maximum absolute atomic E-state index is 13.2. The number of alkyl halides is 3. The van der Waals surface area contributed by atoms with E-state index in [0.717, 1.165) is 0 Å². The molecular formula is C14H13F3N4O. The lowest BCUT2D eigenvalue weighted by Crippen LogP contribution is -2.30. The molecule has 3 rings (SSSR count). The number of nitriles is 1. The fourth-order valence-electron chi connectivity index (χ4n) is 2.82. The number of β-amino-alcohol motifs (C(OH)–C–C–N with tert-alkyl or cyclic N) is 1.